The van der Waals surface area contributed by atoms with Gasteiger partial charge in [0.1, 0.15) is 11.5 Å². The number of aromatic nitrogens is 2. The first-order chi connectivity index (χ1) is 12.5. The molecule has 0 bridgehead atoms. The molecule has 0 aliphatic heterocycles. The van der Waals surface area contributed by atoms with Gasteiger partial charge in [0, 0.05) is 5.02 Å². The topological polar surface area (TPSA) is 78.4 Å². The summed E-state index contributed by atoms with van der Waals surface area (Å²) in [6.07, 6.45) is 1.52. The van der Waals surface area contributed by atoms with Crippen LogP contribution in [0.25, 0.3) is 11.5 Å². The molecule has 4 rings (SSSR count). The maximum absolute atomic E-state index is 12.6. The van der Waals surface area contributed by atoms with Crippen LogP contribution in [0.5, 0.6) is 0 Å². The Hall–Kier alpha value is -2.60. The lowest BCUT2D eigenvalue weighted by molar-refractivity contribution is -0.148. The fourth-order valence-corrected chi connectivity index (χ4v) is 3.16. The molecule has 1 aromatic carbocycles. The summed E-state index contributed by atoms with van der Waals surface area (Å²) in [4.78, 5) is 12.6. The first kappa shape index (κ1) is 16.8. The highest BCUT2D eigenvalue weighted by Crippen LogP contribution is 2.49. The van der Waals surface area contributed by atoms with Gasteiger partial charge in [-0.2, -0.15) is 0 Å². The van der Waals surface area contributed by atoms with Crippen LogP contribution in [0.1, 0.15) is 35.8 Å². The number of carbonyl (C=O) groups is 1. The summed E-state index contributed by atoms with van der Waals surface area (Å²) >= 11 is 5.92. The van der Waals surface area contributed by atoms with Crippen molar-refractivity contribution in [3.05, 3.63) is 58.3 Å². The van der Waals surface area contributed by atoms with Gasteiger partial charge in [0.25, 0.3) is 11.8 Å². The van der Waals surface area contributed by atoms with Crippen molar-refractivity contribution in [2.45, 2.75) is 38.7 Å². The summed E-state index contributed by atoms with van der Waals surface area (Å²) in [5.41, 5.74) is 1.08. The van der Waals surface area contributed by atoms with Crippen LogP contribution >= 0.6 is 11.6 Å². The molecule has 0 amide bonds. The third kappa shape index (κ3) is 3.01. The number of hydrogen-bond donors (Lipinski definition) is 0. The smallest absolute Gasteiger partial charge is 0.317 e. The Morgan fingerprint density at radius 3 is 2.54 bits per heavy atom. The molecule has 6 nitrogen and oxygen atoms in total. The Balaban J connectivity index is 1.44. The molecule has 0 atom stereocenters. The molecule has 0 spiro atoms. The summed E-state index contributed by atoms with van der Waals surface area (Å²) in [7, 11) is 0. The van der Waals surface area contributed by atoms with Gasteiger partial charge in [-0.3, -0.25) is 4.79 Å². The van der Waals surface area contributed by atoms with Crippen LogP contribution < -0.4 is 0 Å². The highest BCUT2D eigenvalue weighted by atomic mass is 35.5. The second-order valence-corrected chi connectivity index (χ2v) is 6.93. The van der Waals surface area contributed by atoms with Crippen LogP contribution in [-0.4, -0.2) is 16.2 Å². The van der Waals surface area contributed by atoms with E-state index < -0.39 is 5.41 Å². The van der Waals surface area contributed by atoms with Crippen molar-refractivity contribution in [1.29, 1.82) is 0 Å². The van der Waals surface area contributed by atoms with E-state index in [9.17, 15) is 4.79 Å². The number of rotatable bonds is 5. The molecule has 3 aromatic rings. The molecule has 1 fully saturated rings. The molecule has 1 aliphatic rings. The number of halogens is 1. The Kier molecular flexibility index (Phi) is 4.07. The number of benzene rings is 1. The molecule has 0 saturated heterocycles. The molecule has 0 N–H and O–H groups in total. The third-order valence-electron chi connectivity index (χ3n) is 4.60. The largest absolute Gasteiger partial charge is 0.466 e. The van der Waals surface area contributed by atoms with E-state index in [1.165, 1.54) is 0 Å². The van der Waals surface area contributed by atoms with Crippen molar-refractivity contribution in [2.75, 3.05) is 0 Å². The Bertz CT molecular complexity index is 954. The van der Waals surface area contributed by atoms with Crippen molar-refractivity contribution >= 4 is 17.6 Å². The summed E-state index contributed by atoms with van der Waals surface area (Å²) in [6, 6.07) is 9.13. The maximum atomic E-state index is 12.6. The van der Waals surface area contributed by atoms with Crippen molar-refractivity contribution in [3.63, 3.8) is 0 Å². The van der Waals surface area contributed by atoms with Gasteiger partial charge in [-0.15, -0.1) is 10.2 Å². The predicted molar refractivity (Wildman–Crippen MR) is 93.6 cm³/mol. The summed E-state index contributed by atoms with van der Waals surface area (Å²) in [6.45, 7) is 3.62. The van der Waals surface area contributed by atoms with Gasteiger partial charge in [-0.05, 0) is 50.5 Å². The zero-order valence-electron chi connectivity index (χ0n) is 14.4. The highest BCUT2D eigenvalue weighted by Gasteiger charge is 2.52. The first-order valence-corrected chi connectivity index (χ1v) is 8.69. The number of hydrogen-bond acceptors (Lipinski definition) is 6. The van der Waals surface area contributed by atoms with Gasteiger partial charge < -0.3 is 13.6 Å². The zero-order valence-corrected chi connectivity index (χ0v) is 15.2. The van der Waals surface area contributed by atoms with E-state index in [0.29, 0.717) is 16.7 Å². The molecule has 1 saturated carbocycles. The van der Waals surface area contributed by atoms with E-state index in [0.717, 1.165) is 29.7 Å². The number of esters is 1. The highest BCUT2D eigenvalue weighted by molar-refractivity contribution is 6.30. The predicted octanol–water partition coefficient (Wildman–Crippen LogP) is 4.37. The molecule has 0 unspecified atom stereocenters. The van der Waals surface area contributed by atoms with Crippen LogP contribution in [0.3, 0.4) is 0 Å². The molecule has 134 valence electrons. The summed E-state index contributed by atoms with van der Waals surface area (Å²) in [5.74, 6) is 1.79. The summed E-state index contributed by atoms with van der Waals surface area (Å²) in [5, 5.41) is 8.59. The number of nitrogens with zero attached hydrogens (tertiary/aromatic N) is 2. The van der Waals surface area contributed by atoms with Gasteiger partial charge in [0.05, 0.1) is 11.0 Å². The molecular weight excluding hydrogens is 356 g/mol. The van der Waals surface area contributed by atoms with Crippen molar-refractivity contribution in [1.82, 2.24) is 10.2 Å². The molecule has 2 heterocycles. The Morgan fingerprint density at radius 2 is 1.92 bits per heavy atom. The SMILES string of the molecule is Cc1cc(-c2nnc(COC(=O)C3(c4ccc(Cl)cc4)CC3)o2)c(C)o1. The van der Waals surface area contributed by atoms with E-state index in [1.807, 2.05) is 32.0 Å². The minimum absolute atomic E-state index is 0.0585. The molecule has 2 aromatic heterocycles. The average molecular weight is 373 g/mol. The van der Waals surface area contributed by atoms with Gasteiger partial charge >= 0.3 is 5.97 Å². The number of carbonyl (C=O) groups excluding carboxylic acids is 1. The fraction of sp³-hybridized carbons (Fsp3) is 0.316. The second kappa shape index (κ2) is 6.29. The lowest BCUT2D eigenvalue weighted by atomic mass is 9.96. The van der Waals surface area contributed by atoms with Crippen LogP contribution in [0.2, 0.25) is 5.02 Å². The molecular formula is C19H17ClN2O4. The molecule has 7 heteroatoms. The Labute approximate surface area is 155 Å². The lowest BCUT2D eigenvalue weighted by Gasteiger charge is -2.14. The van der Waals surface area contributed by atoms with E-state index in [-0.39, 0.29) is 18.5 Å². The number of ether oxygens (including phenoxy) is 1. The summed E-state index contributed by atoms with van der Waals surface area (Å²) < 4.78 is 16.5. The minimum Gasteiger partial charge on any atom is -0.466 e. The molecule has 1 aliphatic carbocycles. The molecule has 26 heavy (non-hydrogen) atoms. The van der Waals surface area contributed by atoms with E-state index in [2.05, 4.69) is 10.2 Å². The monoisotopic (exact) mass is 372 g/mol. The van der Waals surface area contributed by atoms with Crippen molar-refractivity contribution in [3.8, 4) is 11.5 Å². The van der Waals surface area contributed by atoms with Gasteiger partial charge in [0.2, 0.25) is 0 Å². The van der Waals surface area contributed by atoms with Gasteiger partial charge in [0.15, 0.2) is 6.61 Å². The standard InChI is InChI=1S/C19H17ClN2O4/c1-11-9-15(12(2)25-11)17-22-21-16(26-17)10-24-18(23)19(7-8-19)13-3-5-14(20)6-4-13/h3-6,9H,7-8,10H2,1-2H3. The zero-order chi connectivity index (χ0) is 18.3. The fourth-order valence-electron chi connectivity index (χ4n) is 3.03. The second-order valence-electron chi connectivity index (χ2n) is 6.49. The van der Waals surface area contributed by atoms with Crippen molar-refractivity contribution < 1.29 is 18.4 Å². The molecule has 0 radical (unpaired) electrons. The number of furan rings is 1. The van der Waals surface area contributed by atoms with Crippen LogP contribution in [0.4, 0.5) is 0 Å². The quantitative estimate of drug-likeness (QED) is 0.618. The third-order valence-corrected chi connectivity index (χ3v) is 4.85. The maximum Gasteiger partial charge on any atom is 0.317 e. The van der Waals surface area contributed by atoms with Gasteiger partial charge in [-0.1, -0.05) is 23.7 Å². The normalized spacial score (nSPS) is 15.0. The van der Waals surface area contributed by atoms with Crippen molar-refractivity contribution in [2.24, 2.45) is 0 Å². The van der Waals surface area contributed by atoms with Crippen LogP contribution in [0, 0.1) is 13.8 Å². The van der Waals surface area contributed by atoms with Crippen LogP contribution in [0.15, 0.2) is 39.2 Å². The van der Waals surface area contributed by atoms with Gasteiger partial charge in [-0.25, -0.2) is 0 Å². The minimum atomic E-state index is -0.578. The first-order valence-electron chi connectivity index (χ1n) is 8.31. The van der Waals surface area contributed by atoms with E-state index in [4.69, 9.17) is 25.2 Å². The van der Waals surface area contributed by atoms with Crippen LogP contribution in [-0.2, 0) is 21.6 Å². The Morgan fingerprint density at radius 1 is 1.19 bits per heavy atom. The average Bonchev–Trinajstić information content (AvgIpc) is 3.17. The van der Waals surface area contributed by atoms with E-state index >= 15 is 0 Å². The lowest BCUT2D eigenvalue weighted by Crippen LogP contribution is -2.23. The number of aryl methyl sites for hydroxylation is 2. The van der Waals surface area contributed by atoms with E-state index in [1.54, 1.807) is 12.1 Å².